The number of methoxy groups -OCH3 is 1. The SMILES string of the molecule is COC(=O)C(CCCCOC#N)N(C(=O)Oc1ccccc1)C(=O)Oc1ccccc1. The normalized spacial score (nSPS) is 10.8. The summed E-state index contributed by atoms with van der Waals surface area (Å²) in [5, 5.41) is 8.44. The molecule has 2 aromatic carbocycles. The molecule has 0 aliphatic heterocycles. The lowest BCUT2D eigenvalue weighted by molar-refractivity contribution is -0.145. The first-order valence-corrected chi connectivity index (χ1v) is 9.48. The Labute approximate surface area is 179 Å². The molecule has 9 nitrogen and oxygen atoms in total. The standard InChI is InChI=1S/C22H22N2O7/c1-28-20(25)19(14-8-9-15-29-16-23)24(21(26)30-17-10-4-2-5-11-17)22(27)31-18-12-6-3-7-13-18/h2-7,10-13,19H,8-9,14-15H2,1H3. The van der Waals surface area contributed by atoms with Crippen LogP contribution in [0, 0.1) is 11.5 Å². The van der Waals surface area contributed by atoms with Gasteiger partial charge in [0, 0.05) is 0 Å². The summed E-state index contributed by atoms with van der Waals surface area (Å²) in [6.45, 7) is 0.146. The number of nitriles is 1. The number of amides is 2. The molecule has 0 bridgehead atoms. The van der Waals surface area contributed by atoms with Crippen molar-refractivity contribution in [3.05, 3.63) is 60.7 Å². The van der Waals surface area contributed by atoms with Gasteiger partial charge in [-0.25, -0.2) is 14.4 Å². The molecule has 0 saturated heterocycles. The predicted molar refractivity (Wildman–Crippen MR) is 108 cm³/mol. The second-order valence-electron chi connectivity index (χ2n) is 6.21. The van der Waals surface area contributed by atoms with Gasteiger partial charge in [0.1, 0.15) is 24.1 Å². The third-order valence-electron chi connectivity index (χ3n) is 4.11. The molecule has 0 fully saturated rings. The number of carbonyl (C=O) groups excluding carboxylic acids is 3. The van der Waals surface area contributed by atoms with Crippen LogP contribution in [0.5, 0.6) is 11.5 Å². The lowest BCUT2D eigenvalue weighted by atomic mass is 10.1. The monoisotopic (exact) mass is 426 g/mol. The molecule has 9 heteroatoms. The van der Waals surface area contributed by atoms with Crippen LogP contribution in [0.3, 0.4) is 0 Å². The van der Waals surface area contributed by atoms with Gasteiger partial charge in [-0.05, 0) is 43.5 Å². The van der Waals surface area contributed by atoms with Gasteiger partial charge in [-0.1, -0.05) is 36.4 Å². The number of para-hydroxylation sites is 2. The van der Waals surface area contributed by atoms with Crippen molar-refractivity contribution in [2.24, 2.45) is 0 Å². The van der Waals surface area contributed by atoms with Gasteiger partial charge in [0.15, 0.2) is 0 Å². The van der Waals surface area contributed by atoms with Gasteiger partial charge in [0.2, 0.25) is 0 Å². The average Bonchev–Trinajstić information content (AvgIpc) is 2.78. The Morgan fingerprint density at radius 3 is 1.87 bits per heavy atom. The van der Waals surface area contributed by atoms with Gasteiger partial charge in [-0.2, -0.15) is 10.2 Å². The minimum absolute atomic E-state index is 0.0647. The van der Waals surface area contributed by atoms with Crippen LogP contribution < -0.4 is 9.47 Å². The van der Waals surface area contributed by atoms with E-state index in [0.717, 1.165) is 7.11 Å². The highest BCUT2D eigenvalue weighted by molar-refractivity contribution is 5.95. The van der Waals surface area contributed by atoms with Crippen molar-refractivity contribution in [3.63, 3.8) is 0 Å². The molecule has 2 amide bonds. The molecule has 162 valence electrons. The molecule has 0 N–H and O–H groups in total. The predicted octanol–water partition coefficient (Wildman–Crippen LogP) is 3.90. The lowest BCUT2D eigenvalue weighted by Crippen LogP contribution is -2.51. The summed E-state index contributed by atoms with van der Waals surface area (Å²) >= 11 is 0. The smallest absolute Gasteiger partial charge is 0.425 e. The van der Waals surface area contributed by atoms with Crippen molar-refractivity contribution in [2.45, 2.75) is 25.3 Å². The summed E-state index contributed by atoms with van der Waals surface area (Å²) < 4.78 is 19.9. The minimum atomic E-state index is -1.29. The van der Waals surface area contributed by atoms with E-state index in [2.05, 4.69) is 4.74 Å². The number of ether oxygens (including phenoxy) is 4. The van der Waals surface area contributed by atoms with Crippen molar-refractivity contribution in [1.82, 2.24) is 4.90 Å². The number of unbranched alkanes of at least 4 members (excludes halogenated alkanes) is 1. The molecule has 31 heavy (non-hydrogen) atoms. The maximum absolute atomic E-state index is 12.9. The van der Waals surface area contributed by atoms with Gasteiger partial charge in [0.25, 0.3) is 6.26 Å². The number of esters is 1. The van der Waals surface area contributed by atoms with Crippen molar-refractivity contribution in [1.29, 1.82) is 5.26 Å². The molecule has 1 unspecified atom stereocenters. The molecule has 0 spiro atoms. The van der Waals surface area contributed by atoms with Crippen LogP contribution in [0.1, 0.15) is 19.3 Å². The van der Waals surface area contributed by atoms with Crippen molar-refractivity contribution in [3.8, 4) is 17.8 Å². The van der Waals surface area contributed by atoms with Gasteiger partial charge in [-0.3, -0.25) is 0 Å². The highest BCUT2D eigenvalue weighted by Gasteiger charge is 2.38. The molecule has 0 aliphatic carbocycles. The Kier molecular flexibility index (Phi) is 9.36. The zero-order valence-electron chi connectivity index (χ0n) is 16.9. The fourth-order valence-electron chi connectivity index (χ4n) is 2.65. The fraction of sp³-hybridized carbons (Fsp3) is 0.273. The fourth-order valence-corrected chi connectivity index (χ4v) is 2.65. The number of rotatable bonds is 9. The van der Waals surface area contributed by atoms with E-state index in [0.29, 0.717) is 17.7 Å². The number of hydrogen-bond donors (Lipinski definition) is 0. The first-order chi connectivity index (χ1) is 15.1. The second kappa shape index (κ2) is 12.5. The van der Waals surface area contributed by atoms with Crippen LogP contribution in [0.4, 0.5) is 9.59 Å². The number of carbonyl (C=O) groups is 3. The molecular formula is C22H22N2O7. The highest BCUT2D eigenvalue weighted by atomic mass is 16.6. The molecule has 0 aromatic heterocycles. The number of nitrogens with zero attached hydrogens (tertiary/aromatic N) is 2. The largest absolute Gasteiger partial charge is 0.467 e. The van der Waals surface area contributed by atoms with Crippen LogP contribution in [-0.4, -0.2) is 42.8 Å². The molecule has 0 heterocycles. The zero-order chi connectivity index (χ0) is 22.5. The Morgan fingerprint density at radius 2 is 1.42 bits per heavy atom. The van der Waals surface area contributed by atoms with Crippen LogP contribution >= 0.6 is 0 Å². The first-order valence-electron chi connectivity index (χ1n) is 9.48. The molecule has 0 aliphatic rings. The summed E-state index contributed by atoms with van der Waals surface area (Å²) in [6, 6.07) is 14.9. The van der Waals surface area contributed by atoms with Crippen LogP contribution in [0.2, 0.25) is 0 Å². The number of benzene rings is 2. The Bertz CT molecular complexity index is 844. The van der Waals surface area contributed by atoms with Gasteiger partial charge in [0.05, 0.1) is 7.11 Å². The number of hydrogen-bond acceptors (Lipinski definition) is 8. The summed E-state index contributed by atoms with van der Waals surface area (Å²) in [7, 11) is 1.15. The van der Waals surface area contributed by atoms with Crippen molar-refractivity contribution in [2.75, 3.05) is 13.7 Å². The first kappa shape index (κ1) is 23.2. The molecule has 2 rings (SSSR count). The summed E-state index contributed by atoms with van der Waals surface area (Å²) in [6.07, 6.45) is 0.241. The molecule has 2 aromatic rings. The molecule has 1 atom stereocenters. The van der Waals surface area contributed by atoms with Gasteiger partial charge < -0.3 is 18.9 Å². The van der Waals surface area contributed by atoms with Gasteiger partial charge >= 0.3 is 18.2 Å². The van der Waals surface area contributed by atoms with E-state index in [1.807, 2.05) is 0 Å². The number of imide groups is 1. The highest BCUT2D eigenvalue weighted by Crippen LogP contribution is 2.19. The van der Waals surface area contributed by atoms with E-state index in [9.17, 15) is 14.4 Å². The van der Waals surface area contributed by atoms with E-state index < -0.39 is 24.2 Å². The maximum Gasteiger partial charge on any atom is 0.425 e. The molecular weight excluding hydrogens is 404 g/mol. The third-order valence-corrected chi connectivity index (χ3v) is 4.11. The molecule has 0 radical (unpaired) electrons. The Balaban J connectivity index is 2.24. The van der Waals surface area contributed by atoms with Crippen molar-refractivity contribution < 1.29 is 33.3 Å². The van der Waals surface area contributed by atoms with Crippen LogP contribution in [0.25, 0.3) is 0 Å². The third kappa shape index (κ3) is 7.36. The summed E-state index contributed by atoms with van der Waals surface area (Å²) in [5.41, 5.74) is 0. The lowest BCUT2D eigenvalue weighted by Gasteiger charge is -2.26. The average molecular weight is 426 g/mol. The maximum atomic E-state index is 12.9. The molecule has 0 saturated carbocycles. The second-order valence-corrected chi connectivity index (χ2v) is 6.21. The van der Waals surface area contributed by atoms with E-state index >= 15 is 0 Å². The Morgan fingerprint density at radius 1 is 0.903 bits per heavy atom. The zero-order valence-corrected chi connectivity index (χ0v) is 16.9. The van der Waals surface area contributed by atoms with Crippen molar-refractivity contribution >= 4 is 18.2 Å². The van der Waals surface area contributed by atoms with Crippen LogP contribution in [-0.2, 0) is 14.3 Å². The summed E-state index contributed by atoms with van der Waals surface area (Å²) in [4.78, 5) is 38.8. The van der Waals surface area contributed by atoms with E-state index in [1.165, 1.54) is 24.3 Å². The van der Waals surface area contributed by atoms with E-state index in [-0.39, 0.29) is 24.5 Å². The summed E-state index contributed by atoms with van der Waals surface area (Å²) in [5.74, 6) is -0.427. The van der Waals surface area contributed by atoms with Gasteiger partial charge in [-0.15, -0.1) is 0 Å². The topological polar surface area (TPSA) is 115 Å². The van der Waals surface area contributed by atoms with E-state index in [4.69, 9.17) is 19.5 Å². The van der Waals surface area contributed by atoms with E-state index in [1.54, 1.807) is 42.7 Å². The van der Waals surface area contributed by atoms with Crippen LogP contribution in [0.15, 0.2) is 60.7 Å². The quantitative estimate of drug-likeness (QED) is 0.337. The Hall–Kier alpha value is -4.06. The minimum Gasteiger partial charge on any atom is -0.467 e.